The SMILES string of the molecule is CC(C)[C@@H](NC(=O)c1ccco1)C(=O)Nc1cccc(C(=O)N2CCC[C@H](O)C2)c1. The summed E-state index contributed by atoms with van der Waals surface area (Å²) in [6.45, 7) is 4.56. The van der Waals surface area contributed by atoms with E-state index in [1.807, 2.05) is 13.8 Å². The Hall–Kier alpha value is -3.13. The van der Waals surface area contributed by atoms with E-state index in [-0.39, 0.29) is 23.5 Å². The molecule has 0 unspecified atom stereocenters. The second kappa shape index (κ2) is 9.58. The van der Waals surface area contributed by atoms with Gasteiger partial charge in [-0.2, -0.15) is 0 Å². The summed E-state index contributed by atoms with van der Waals surface area (Å²) in [5, 5.41) is 15.3. The number of rotatable bonds is 6. The molecular formula is C22H27N3O5. The van der Waals surface area contributed by atoms with E-state index in [0.29, 0.717) is 30.8 Å². The molecule has 1 aliphatic rings. The Morgan fingerprint density at radius 3 is 2.67 bits per heavy atom. The quantitative estimate of drug-likeness (QED) is 0.673. The minimum atomic E-state index is -0.779. The molecule has 3 N–H and O–H groups in total. The Bertz CT molecular complexity index is 894. The van der Waals surface area contributed by atoms with E-state index in [2.05, 4.69) is 10.6 Å². The van der Waals surface area contributed by atoms with E-state index >= 15 is 0 Å². The van der Waals surface area contributed by atoms with Crippen molar-refractivity contribution < 1.29 is 23.9 Å². The van der Waals surface area contributed by atoms with Crippen molar-refractivity contribution in [3.05, 3.63) is 54.0 Å². The van der Waals surface area contributed by atoms with Crippen LogP contribution < -0.4 is 10.6 Å². The van der Waals surface area contributed by atoms with Crippen LogP contribution in [0.25, 0.3) is 0 Å². The normalized spacial score (nSPS) is 17.5. The highest BCUT2D eigenvalue weighted by Gasteiger charge is 2.27. The largest absolute Gasteiger partial charge is 0.459 e. The second-order valence-corrected chi connectivity index (χ2v) is 7.79. The summed E-state index contributed by atoms with van der Waals surface area (Å²) in [5.41, 5.74) is 0.893. The van der Waals surface area contributed by atoms with Gasteiger partial charge in [0.2, 0.25) is 5.91 Å². The molecule has 8 heteroatoms. The van der Waals surface area contributed by atoms with Crippen LogP contribution in [0.1, 0.15) is 47.6 Å². The Balaban J connectivity index is 1.68. The molecule has 1 fully saturated rings. The average Bonchev–Trinajstić information content (AvgIpc) is 3.26. The number of aliphatic hydroxyl groups excluding tert-OH is 1. The average molecular weight is 413 g/mol. The predicted molar refractivity (Wildman–Crippen MR) is 111 cm³/mol. The van der Waals surface area contributed by atoms with Gasteiger partial charge in [0.1, 0.15) is 6.04 Å². The van der Waals surface area contributed by atoms with Crippen molar-refractivity contribution in [1.82, 2.24) is 10.2 Å². The molecule has 30 heavy (non-hydrogen) atoms. The zero-order valence-electron chi connectivity index (χ0n) is 17.1. The van der Waals surface area contributed by atoms with E-state index in [4.69, 9.17) is 4.42 Å². The molecule has 2 aromatic rings. The lowest BCUT2D eigenvalue weighted by atomic mass is 10.0. The molecular weight excluding hydrogens is 386 g/mol. The second-order valence-electron chi connectivity index (χ2n) is 7.79. The monoisotopic (exact) mass is 413 g/mol. The maximum Gasteiger partial charge on any atom is 0.287 e. The highest BCUT2D eigenvalue weighted by molar-refractivity contribution is 6.01. The van der Waals surface area contributed by atoms with Crippen molar-refractivity contribution in [2.24, 2.45) is 5.92 Å². The summed E-state index contributed by atoms with van der Waals surface area (Å²) in [6, 6.07) is 9.00. The van der Waals surface area contributed by atoms with Gasteiger partial charge in [0.15, 0.2) is 5.76 Å². The third-order valence-electron chi connectivity index (χ3n) is 5.04. The van der Waals surface area contributed by atoms with Gasteiger partial charge >= 0.3 is 0 Å². The van der Waals surface area contributed by atoms with Gasteiger partial charge in [-0.3, -0.25) is 14.4 Å². The summed E-state index contributed by atoms with van der Waals surface area (Å²) in [4.78, 5) is 39.4. The molecule has 2 heterocycles. The van der Waals surface area contributed by atoms with Crippen LogP contribution in [0.5, 0.6) is 0 Å². The Kier molecular flexibility index (Phi) is 6.89. The molecule has 160 valence electrons. The molecule has 0 bridgehead atoms. The van der Waals surface area contributed by atoms with Crippen molar-refractivity contribution in [1.29, 1.82) is 0 Å². The lowest BCUT2D eigenvalue weighted by Gasteiger charge is -2.30. The van der Waals surface area contributed by atoms with Gasteiger partial charge in [-0.05, 0) is 49.1 Å². The van der Waals surface area contributed by atoms with Crippen molar-refractivity contribution in [2.75, 3.05) is 18.4 Å². The molecule has 1 aromatic heterocycles. The third-order valence-corrected chi connectivity index (χ3v) is 5.04. The first kappa shape index (κ1) is 21.6. The fraction of sp³-hybridized carbons (Fsp3) is 0.409. The van der Waals surface area contributed by atoms with E-state index < -0.39 is 18.1 Å². The first-order chi connectivity index (χ1) is 14.3. The molecule has 8 nitrogen and oxygen atoms in total. The maximum absolute atomic E-state index is 12.8. The number of hydrogen-bond donors (Lipinski definition) is 3. The number of carbonyl (C=O) groups excluding carboxylic acids is 3. The zero-order valence-corrected chi connectivity index (χ0v) is 17.1. The number of nitrogens with one attached hydrogen (secondary N) is 2. The number of β-amino-alcohol motifs (C(OH)–C–C–N with tert-alkyl or cyclic N) is 1. The molecule has 1 saturated heterocycles. The van der Waals surface area contributed by atoms with E-state index in [1.54, 1.807) is 35.2 Å². The summed E-state index contributed by atoms with van der Waals surface area (Å²) in [5.74, 6) is -1.07. The molecule has 0 saturated carbocycles. The van der Waals surface area contributed by atoms with Gasteiger partial charge in [0, 0.05) is 24.3 Å². The first-order valence-corrected chi connectivity index (χ1v) is 10.1. The minimum absolute atomic E-state index is 0.129. The number of piperidine rings is 1. The smallest absolute Gasteiger partial charge is 0.287 e. The zero-order chi connectivity index (χ0) is 21.7. The van der Waals surface area contributed by atoms with Crippen LogP contribution in [0.2, 0.25) is 0 Å². The fourth-order valence-electron chi connectivity index (χ4n) is 3.43. The summed E-state index contributed by atoms with van der Waals surface area (Å²) >= 11 is 0. The Labute approximate surface area is 175 Å². The standard InChI is InChI=1S/C22H27N3O5/c1-14(2)19(24-20(27)18-9-5-11-30-18)21(28)23-16-7-3-6-15(12-16)22(29)25-10-4-8-17(26)13-25/h3,5-7,9,11-12,14,17,19,26H,4,8,10,13H2,1-2H3,(H,23,28)(H,24,27)/t17-,19+/m0/s1. The highest BCUT2D eigenvalue weighted by atomic mass is 16.3. The highest BCUT2D eigenvalue weighted by Crippen LogP contribution is 2.18. The Morgan fingerprint density at radius 2 is 2.00 bits per heavy atom. The molecule has 0 aliphatic carbocycles. The number of aliphatic hydroxyl groups is 1. The van der Waals surface area contributed by atoms with Crippen molar-refractivity contribution in [2.45, 2.75) is 38.8 Å². The van der Waals surface area contributed by atoms with Crippen LogP contribution in [-0.2, 0) is 4.79 Å². The number of furan rings is 1. The molecule has 1 aliphatic heterocycles. The van der Waals surface area contributed by atoms with Gasteiger partial charge in [0.25, 0.3) is 11.8 Å². The number of hydrogen-bond acceptors (Lipinski definition) is 5. The molecule has 0 spiro atoms. The van der Waals surface area contributed by atoms with Crippen LogP contribution >= 0.6 is 0 Å². The number of amides is 3. The minimum Gasteiger partial charge on any atom is -0.459 e. The molecule has 2 atom stereocenters. The predicted octanol–water partition coefficient (Wildman–Crippen LogP) is 2.27. The molecule has 1 aromatic carbocycles. The van der Waals surface area contributed by atoms with Crippen molar-refractivity contribution >= 4 is 23.4 Å². The van der Waals surface area contributed by atoms with Gasteiger partial charge in [-0.15, -0.1) is 0 Å². The van der Waals surface area contributed by atoms with E-state index in [0.717, 1.165) is 6.42 Å². The van der Waals surface area contributed by atoms with Crippen LogP contribution in [0, 0.1) is 5.92 Å². The van der Waals surface area contributed by atoms with E-state index in [9.17, 15) is 19.5 Å². The fourth-order valence-corrected chi connectivity index (χ4v) is 3.43. The topological polar surface area (TPSA) is 112 Å². The molecule has 3 amide bonds. The first-order valence-electron chi connectivity index (χ1n) is 10.1. The van der Waals surface area contributed by atoms with Gasteiger partial charge in [0.05, 0.1) is 12.4 Å². The lowest BCUT2D eigenvalue weighted by molar-refractivity contribution is -0.118. The van der Waals surface area contributed by atoms with Crippen molar-refractivity contribution in [3.63, 3.8) is 0 Å². The van der Waals surface area contributed by atoms with E-state index in [1.165, 1.54) is 12.3 Å². The van der Waals surface area contributed by atoms with Crippen LogP contribution in [0.15, 0.2) is 47.1 Å². The number of carbonyl (C=O) groups is 3. The number of nitrogens with zero attached hydrogens (tertiary/aromatic N) is 1. The van der Waals surface area contributed by atoms with Gasteiger partial charge in [-0.25, -0.2) is 0 Å². The summed E-state index contributed by atoms with van der Waals surface area (Å²) in [7, 11) is 0. The van der Waals surface area contributed by atoms with Crippen LogP contribution in [-0.4, -0.2) is 53.0 Å². The number of benzene rings is 1. The molecule has 0 radical (unpaired) electrons. The van der Waals surface area contributed by atoms with Gasteiger partial charge < -0.3 is 25.1 Å². The summed E-state index contributed by atoms with van der Waals surface area (Å²) in [6.07, 6.45) is 2.34. The van der Waals surface area contributed by atoms with Crippen LogP contribution in [0.3, 0.4) is 0 Å². The van der Waals surface area contributed by atoms with Crippen molar-refractivity contribution in [3.8, 4) is 0 Å². The third kappa shape index (κ3) is 5.27. The number of anilines is 1. The maximum atomic E-state index is 12.8. The Morgan fingerprint density at radius 1 is 1.20 bits per heavy atom. The van der Waals surface area contributed by atoms with Gasteiger partial charge in [-0.1, -0.05) is 19.9 Å². The number of likely N-dealkylation sites (tertiary alicyclic amines) is 1. The lowest BCUT2D eigenvalue weighted by Crippen LogP contribution is -2.47. The molecule has 3 rings (SSSR count). The summed E-state index contributed by atoms with van der Waals surface area (Å²) < 4.78 is 5.08. The van der Waals surface area contributed by atoms with Crippen LogP contribution in [0.4, 0.5) is 5.69 Å².